The summed E-state index contributed by atoms with van der Waals surface area (Å²) in [6.45, 7) is 0. The number of pyridine rings is 1. The summed E-state index contributed by atoms with van der Waals surface area (Å²) in [6, 6.07) is 10.4. The van der Waals surface area contributed by atoms with Gasteiger partial charge in [-0.25, -0.2) is 4.39 Å². The largest absolute Gasteiger partial charge is 0.342 e. The fourth-order valence-corrected chi connectivity index (χ4v) is 4.12. The van der Waals surface area contributed by atoms with E-state index in [0.717, 1.165) is 24.1 Å². The van der Waals surface area contributed by atoms with Gasteiger partial charge in [-0.3, -0.25) is 9.78 Å². The van der Waals surface area contributed by atoms with E-state index in [1.165, 1.54) is 18.6 Å². The van der Waals surface area contributed by atoms with Crippen LogP contribution in [0, 0.1) is 23.6 Å². The molecule has 2 aromatic rings. The summed E-state index contributed by atoms with van der Waals surface area (Å²) in [5.41, 5.74) is 2.22. The first-order valence-corrected chi connectivity index (χ1v) is 8.64. The molecule has 126 valence electrons. The molecule has 0 bridgehead atoms. The van der Waals surface area contributed by atoms with Crippen molar-refractivity contribution in [1.82, 2.24) is 9.88 Å². The predicted octanol–water partition coefficient (Wildman–Crippen LogP) is 3.34. The lowest BCUT2D eigenvalue weighted by atomic mass is 9.89. The number of rotatable bonds is 1. The summed E-state index contributed by atoms with van der Waals surface area (Å²) in [5, 5.41) is 0. The van der Waals surface area contributed by atoms with Gasteiger partial charge in [0.1, 0.15) is 5.82 Å². The lowest BCUT2D eigenvalue weighted by molar-refractivity contribution is -0.129. The van der Waals surface area contributed by atoms with E-state index in [1.54, 1.807) is 18.3 Å². The third-order valence-corrected chi connectivity index (χ3v) is 5.35. The van der Waals surface area contributed by atoms with E-state index in [9.17, 15) is 9.18 Å². The minimum absolute atomic E-state index is 0.122. The van der Waals surface area contributed by atoms with E-state index >= 15 is 0 Å². The van der Waals surface area contributed by atoms with Crippen molar-refractivity contribution in [2.45, 2.75) is 31.2 Å². The molecule has 1 aromatic carbocycles. The summed E-state index contributed by atoms with van der Waals surface area (Å²) < 4.78 is 13.2. The predicted molar refractivity (Wildman–Crippen MR) is 93.3 cm³/mol. The highest BCUT2D eigenvalue weighted by Gasteiger charge is 2.49. The molecule has 1 aliphatic carbocycles. The quantitative estimate of drug-likeness (QED) is 0.750. The first-order valence-electron chi connectivity index (χ1n) is 8.64. The summed E-state index contributed by atoms with van der Waals surface area (Å²) in [4.78, 5) is 19.0. The standard InChI is InChI=1S/C21H19FN2O/c1-24-19-7-3-6-17(19)20(21(24)25)18-11-10-15(13-23-18)9-8-14-4-2-5-16(22)12-14/h2,4-5,10-13,17,19-20H,3,6-7H2,1H3/t17-,19+,20-/m0/s1. The summed E-state index contributed by atoms with van der Waals surface area (Å²) in [7, 11) is 1.91. The molecule has 1 aromatic heterocycles. The van der Waals surface area contributed by atoms with Crippen LogP contribution in [0.1, 0.15) is 42.0 Å². The molecule has 2 aliphatic rings. The third kappa shape index (κ3) is 2.91. The average molecular weight is 334 g/mol. The number of likely N-dealkylation sites (N-methyl/N-ethyl adjacent to an activating group) is 1. The highest BCUT2D eigenvalue weighted by Crippen LogP contribution is 2.45. The van der Waals surface area contributed by atoms with Gasteiger partial charge in [0.05, 0.1) is 11.6 Å². The van der Waals surface area contributed by atoms with Crippen molar-refractivity contribution in [3.8, 4) is 11.8 Å². The van der Waals surface area contributed by atoms with E-state index < -0.39 is 0 Å². The molecule has 0 N–H and O–H groups in total. The van der Waals surface area contributed by atoms with Crippen LogP contribution in [-0.4, -0.2) is 28.9 Å². The van der Waals surface area contributed by atoms with Crippen LogP contribution >= 0.6 is 0 Å². The zero-order chi connectivity index (χ0) is 17.4. The van der Waals surface area contributed by atoms with Crippen molar-refractivity contribution in [2.24, 2.45) is 5.92 Å². The number of carbonyl (C=O) groups is 1. The van der Waals surface area contributed by atoms with Crippen molar-refractivity contribution >= 4 is 5.91 Å². The Morgan fingerprint density at radius 1 is 1.16 bits per heavy atom. The highest BCUT2D eigenvalue weighted by molar-refractivity contribution is 5.86. The maximum atomic E-state index is 13.2. The number of nitrogens with zero attached hydrogens (tertiary/aromatic N) is 2. The molecule has 1 saturated carbocycles. The van der Waals surface area contributed by atoms with Crippen molar-refractivity contribution in [3.63, 3.8) is 0 Å². The number of likely N-dealkylation sites (tertiary alicyclic amines) is 1. The van der Waals surface area contributed by atoms with Crippen molar-refractivity contribution < 1.29 is 9.18 Å². The number of carbonyl (C=O) groups excluding carboxylic acids is 1. The summed E-state index contributed by atoms with van der Waals surface area (Å²) >= 11 is 0. The topological polar surface area (TPSA) is 33.2 Å². The van der Waals surface area contributed by atoms with Crippen LogP contribution in [0.2, 0.25) is 0 Å². The summed E-state index contributed by atoms with van der Waals surface area (Å²) in [5.74, 6) is 6.08. The van der Waals surface area contributed by atoms with Gasteiger partial charge >= 0.3 is 0 Å². The zero-order valence-electron chi connectivity index (χ0n) is 14.1. The Balaban J connectivity index is 1.56. The highest BCUT2D eigenvalue weighted by atomic mass is 19.1. The molecule has 4 rings (SSSR count). The molecular formula is C21H19FN2O. The first-order chi connectivity index (χ1) is 12.1. The number of fused-ring (bicyclic) bond motifs is 1. The van der Waals surface area contributed by atoms with Gasteiger partial charge in [0.15, 0.2) is 0 Å². The Bertz CT molecular complexity index is 865. The van der Waals surface area contributed by atoms with Crippen LogP contribution in [0.3, 0.4) is 0 Å². The van der Waals surface area contributed by atoms with Crippen LogP contribution < -0.4 is 0 Å². The van der Waals surface area contributed by atoms with Gasteiger partial charge < -0.3 is 4.90 Å². The molecule has 0 spiro atoms. The van der Waals surface area contributed by atoms with E-state index in [4.69, 9.17) is 0 Å². The Morgan fingerprint density at radius 3 is 2.76 bits per heavy atom. The number of hydrogen-bond donors (Lipinski definition) is 0. The Morgan fingerprint density at radius 2 is 2.00 bits per heavy atom. The summed E-state index contributed by atoms with van der Waals surface area (Å²) in [6.07, 6.45) is 5.08. The lowest BCUT2D eigenvalue weighted by Gasteiger charge is -2.17. The average Bonchev–Trinajstić information content (AvgIpc) is 3.17. The van der Waals surface area contributed by atoms with Gasteiger partial charge in [-0.1, -0.05) is 24.3 Å². The molecule has 0 radical (unpaired) electrons. The number of amides is 1. The monoisotopic (exact) mass is 334 g/mol. The molecule has 3 nitrogen and oxygen atoms in total. The molecule has 3 atom stereocenters. The molecule has 1 amide bonds. The van der Waals surface area contributed by atoms with Crippen molar-refractivity contribution in [2.75, 3.05) is 7.05 Å². The number of halogens is 1. The van der Waals surface area contributed by atoms with Crippen LogP contribution in [0.15, 0.2) is 42.6 Å². The maximum Gasteiger partial charge on any atom is 0.232 e. The van der Waals surface area contributed by atoms with E-state index in [2.05, 4.69) is 16.8 Å². The second kappa shape index (κ2) is 6.33. The number of aromatic nitrogens is 1. The van der Waals surface area contributed by atoms with Crippen LogP contribution in [0.25, 0.3) is 0 Å². The van der Waals surface area contributed by atoms with Gasteiger partial charge in [0.25, 0.3) is 0 Å². The molecule has 4 heteroatoms. The van der Waals surface area contributed by atoms with E-state index in [0.29, 0.717) is 17.5 Å². The van der Waals surface area contributed by atoms with Gasteiger partial charge in [0.2, 0.25) is 5.91 Å². The molecule has 1 saturated heterocycles. The van der Waals surface area contributed by atoms with Gasteiger partial charge in [0, 0.05) is 30.4 Å². The molecule has 0 unspecified atom stereocenters. The Kier molecular flexibility index (Phi) is 4.01. The van der Waals surface area contributed by atoms with E-state index in [1.807, 2.05) is 24.1 Å². The van der Waals surface area contributed by atoms with E-state index in [-0.39, 0.29) is 17.6 Å². The van der Waals surface area contributed by atoms with Crippen LogP contribution in [0.5, 0.6) is 0 Å². The van der Waals surface area contributed by atoms with Gasteiger partial charge in [-0.2, -0.15) is 0 Å². The number of hydrogen-bond acceptors (Lipinski definition) is 2. The van der Waals surface area contributed by atoms with Gasteiger partial charge in [-0.15, -0.1) is 0 Å². The fourth-order valence-electron chi connectivity index (χ4n) is 4.12. The van der Waals surface area contributed by atoms with Crippen molar-refractivity contribution in [1.29, 1.82) is 0 Å². The first kappa shape index (κ1) is 15.8. The van der Waals surface area contributed by atoms with Crippen molar-refractivity contribution in [3.05, 3.63) is 65.2 Å². The van der Waals surface area contributed by atoms with Crippen LogP contribution in [0.4, 0.5) is 4.39 Å². The maximum absolute atomic E-state index is 13.2. The lowest BCUT2D eigenvalue weighted by Crippen LogP contribution is -2.29. The third-order valence-electron chi connectivity index (χ3n) is 5.35. The normalized spacial score (nSPS) is 24.8. The second-order valence-corrected chi connectivity index (χ2v) is 6.82. The molecule has 2 fully saturated rings. The smallest absolute Gasteiger partial charge is 0.232 e. The molecule has 25 heavy (non-hydrogen) atoms. The second-order valence-electron chi connectivity index (χ2n) is 6.82. The Labute approximate surface area is 146 Å². The Hall–Kier alpha value is -2.67. The molecule has 1 aliphatic heterocycles. The zero-order valence-corrected chi connectivity index (χ0v) is 14.1. The van der Waals surface area contributed by atoms with Crippen LogP contribution in [-0.2, 0) is 4.79 Å². The molecular weight excluding hydrogens is 315 g/mol. The molecule has 2 heterocycles. The SMILES string of the molecule is CN1C(=O)[C@H](c2ccc(C#Cc3cccc(F)c3)cn2)[C@H]2CCC[C@H]21. The number of benzene rings is 1. The minimum atomic E-state index is -0.296. The fraction of sp³-hybridized carbons (Fsp3) is 0.333. The minimum Gasteiger partial charge on any atom is -0.342 e. The van der Waals surface area contributed by atoms with Gasteiger partial charge in [-0.05, 0) is 49.1 Å².